The maximum absolute atomic E-state index is 12.4. The summed E-state index contributed by atoms with van der Waals surface area (Å²) < 4.78 is 0. The van der Waals surface area contributed by atoms with Crippen molar-refractivity contribution < 1.29 is 19.5 Å². The van der Waals surface area contributed by atoms with E-state index in [2.05, 4.69) is 5.32 Å². The van der Waals surface area contributed by atoms with Crippen molar-refractivity contribution in [3.8, 4) is 0 Å². The molecule has 0 unspecified atom stereocenters. The van der Waals surface area contributed by atoms with Gasteiger partial charge in [0.25, 0.3) is 5.91 Å². The highest BCUT2D eigenvalue weighted by Gasteiger charge is 2.30. The van der Waals surface area contributed by atoms with Crippen LogP contribution in [0.5, 0.6) is 0 Å². The summed E-state index contributed by atoms with van der Waals surface area (Å²) in [4.78, 5) is 34.9. The molecule has 0 radical (unpaired) electrons. The molecule has 1 saturated carbocycles. The normalized spacial score (nSPS) is 20.5. The van der Waals surface area contributed by atoms with Gasteiger partial charge in [-0.1, -0.05) is 12.1 Å². The number of amides is 2. The number of carboxylic acids is 1. The number of thioether (sulfide) groups is 1. The molecule has 0 aliphatic heterocycles. The molecule has 0 spiro atoms. The van der Waals surface area contributed by atoms with E-state index in [-0.39, 0.29) is 23.6 Å². The summed E-state index contributed by atoms with van der Waals surface area (Å²) in [5.74, 6) is -1.78. The Hall–Kier alpha value is -2.02. The van der Waals surface area contributed by atoms with Gasteiger partial charge in [-0.25, -0.2) is 0 Å². The predicted octanol–water partition coefficient (Wildman–Crippen LogP) is 1.25. The Labute approximate surface area is 132 Å². The zero-order chi connectivity index (χ0) is 16.1. The highest BCUT2D eigenvalue weighted by atomic mass is 32.2. The molecule has 0 bridgehead atoms. The summed E-state index contributed by atoms with van der Waals surface area (Å²) in [5.41, 5.74) is 5.61. The van der Waals surface area contributed by atoms with Crippen LogP contribution in [0.2, 0.25) is 0 Å². The molecule has 6 nitrogen and oxygen atoms in total. The first-order valence-corrected chi connectivity index (χ1v) is 7.99. The van der Waals surface area contributed by atoms with E-state index in [0.29, 0.717) is 29.7 Å². The van der Waals surface area contributed by atoms with Crippen LogP contribution in [0.1, 0.15) is 29.6 Å². The van der Waals surface area contributed by atoms with Crippen molar-refractivity contribution in [2.75, 3.05) is 5.75 Å². The Balaban J connectivity index is 2.01. The van der Waals surface area contributed by atoms with Crippen molar-refractivity contribution in [3.05, 3.63) is 29.8 Å². The first-order valence-electron chi connectivity index (χ1n) is 7.01. The molecule has 2 atom stereocenters. The average Bonchev–Trinajstić information content (AvgIpc) is 2.94. The molecule has 1 fully saturated rings. The third-order valence-electron chi connectivity index (χ3n) is 3.62. The van der Waals surface area contributed by atoms with E-state index in [1.54, 1.807) is 24.3 Å². The van der Waals surface area contributed by atoms with Gasteiger partial charge in [-0.05, 0) is 31.4 Å². The molecule has 1 aromatic carbocycles. The van der Waals surface area contributed by atoms with E-state index in [1.165, 1.54) is 11.8 Å². The Morgan fingerprint density at radius 1 is 1.27 bits per heavy atom. The molecule has 1 aliphatic carbocycles. The second-order valence-electron chi connectivity index (χ2n) is 5.27. The van der Waals surface area contributed by atoms with Crippen molar-refractivity contribution in [2.24, 2.45) is 11.7 Å². The molecule has 1 aliphatic rings. The van der Waals surface area contributed by atoms with Gasteiger partial charge in [0.05, 0.1) is 17.2 Å². The van der Waals surface area contributed by atoms with Gasteiger partial charge in [0.1, 0.15) is 0 Å². The summed E-state index contributed by atoms with van der Waals surface area (Å²) in [6.07, 6.45) is 1.70. The molecular formula is C15H18N2O4S. The fourth-order valence-electron chi connectivity index (χ4n) is 2.53. The molecule has 0 heterocycles. The first-order chi connectivity index (χ1) is 10.5. The fourth-order valence-corrected chi connectivity index (χ4v) is 3.32. The molecule has 1 aromatic rings. The number of aliphatic carboxylic acids is 1. The zero-order valence-electron chi connectivity index (χ0n) is 12.0. The summed E-state index contributed by atoms with van der Waals surface area (Å²) >= 11 is 1.22. The number of carbonyl (C=O) groups excluding carboxylic acids is 2. The summed E-state index contributed by atoms with van der Waals surface area (Å²) in [7, 11) is 0. The van der Waals surface area contributed by atoms with Crippen molar-refractivity contribution in [2.45, 2.75) is 30.2 Å². The smallest absolute Gasteiger partial charge is 0.306 e. The lowest BCUT2D eigenvalue weighted by Gasteiger charge is -2.14. The van der Waals surface area contributed by atoms with Crippen LogP contribution in [-0.2, 0) is 9.59 Å². The molecule has 7 heteroatoms. The van der Waals surface area contributed by atoms with E-state index in [0.717, 1.165) is 0 Å². The number of nitrogens with two attached hydrogens (primary N) is 1. The lowest BCUT2D eigenvalue weighted by Crippen LogP contribution is -2.33. The van der Waals surface area contributed by atoms with Crippen LogP contribution in [0.3, 0.4) is 0 Å². The lowest BCUT2D eigenvalue weighted by molar-refractivity contribution is -0.141. The number of hydrogen-bond acceptors (Lipinski definition) is 4. The van der Waals surface area contributed by atoms with Crippen LogP contribution in [0, 0.1) is 5.92 Å². The van der Waals surface area contributed by atoms with Gasteiger partial charge in [-0.2, -0.15) is 0 Å². The zero-order valence-corrected chi connectivity index (χ0v) is 12.8. The SMILES string of the molecule is NC(=O)CSc1ccccc1C(=O)N[C@@H]1CC[C@H](C(=O)O)C1. The lowest BCUT2D eigenvalue weighted by atomic mass is 10.1. The fraction of sp³-hybridized carbons (Fsp3) is 0.400. The standard InChI is InChI=1S/C15H18N2O4S/c16-13(18)8-22-12-4-2-1-3-11(12)14(19)17-10-6-5-9(7-10)15(20)21/h1-4,9-10H,5-8H2,(H2,16,18)(H,17,19)(H,20,21)/t9-,10+/m0/s1. The topological polar surface area (TPSA) is 109 Å². The third kappa shape index (κ3) is 4.24. The number of carbonyl (C=O) groups is 3. The molecule has 2 amide bonds. The summed E-state index contributed by atoms with van der Waals surface area (Å²) in [6, 6.07) is 6.86. The van der Waals surface area contributed by atoms with Gasteiger partial charge in [-0.15, -0.1) is 11.8 Å². The van der Waals surface area contributed by atoms with Crippen LogP contribution in [0.4, 0.5) is 0 Å². The number of nitrogens with one attached hydrogen (secondary N) is 1. The van der Waals surface area contributed by atoms with Crippen molar-refractivity contribution in [3.63, 3.8) is 0 Å². The van der Waals surface area contributed by atoms with E-state index < -0.39 is 11.9 Å². The second kappa shape index (κ2) is 7.31. The summed E-state index contributed by atoms with van der Waals surface area (Å²) in [6.45, 7) is 0. The van der Waals surface area contributed by atoms with Crippen LogP contribution < -0.4 is 11.1 Å². The molecule has 2 rings (SSSR count). The molecular weight excluding hydrogens is 304 g/mol. The molecule has 118 valence electrons. The van der Waals surface area contributed by atoms with E-state index >= 15 is 0 Å². The number of benzene rings is 1. The van der Waals surface area contributed by atoms with E-state index in [1.807, 2.05) is 0 Å². The Kier molecular flexibility index (Phi) is 5.43. The van der Waals surface area contributed by atoms with Gasteiger partial charge in [0, 0.05) is 10.9 Å². The van der Waals surface area contributed by atoms with Gasteiger partial charge in [0.15, 0.2) is 0 Å². The molecule has 0 aromatic heterocycles. The van der Waals surface area contributed by atoms with Gasteiger partial charge in [-0.3, -0.25) is 14.4 Å². The molecule has 22 heavy (non-hydrogen) atoms. The Bertz CT molecular complexity index is 591. The molecule has 4 N–H and O–H groups in total. The Morgan fingerprint density at radius 2 is 2.00 bits per heavy atom. The quantitative estimate of drug-likeness (QED) is 0.683. The minimum absolute atomic E-state index is 0.106. The minimum Gasteiger partial charge on any atom is -0.481 e. The van der Waals surface area contributed by atoms with Crippen LogP contribution in [0.15, 0.2) is 29.2 Å². The number of hydrogen-bond donors (Lipinski definition) is 3. The van der Waals surface area contributed by atoms with Crippen LogP contribution >= 0.6 is 11.8 Å². The maximum atomic E-state index is 12.4. The second-order valence-corrected chi connectivity index (χ2v) is 6.29. The highest BCUT2D eigenvalue weighted by molar-refractivity contribution is 8.00. The van der Waals surface area contributed by atoms with Crippen molar-refractivity contribution >= 4 is 29.5 Å². The van der Waals surface area contributed by atoms with E-state index in [9.17, 15) is 14.4 Å². The first kappa shape index (κ1) is 16.4. The highest BCUT2D eigenvalue weighted by Crippen LogP contribution is 2.27. The number of carboxylic acid groups (broad SMARTS) is 1. The van der Waals surface area contributed by atoms with Gasteiger partial charge < -0.3 is 16.2 Å². The molecule has 0 saturated heterocycles. The maximum Gasteiger partial charge on any atom is 0.306 e. The summed E-state index contributed by atoms with van der Waals surface area (Å²) in [5, 5.41) is 11.9. The van der Waals surface area contributed by atoms with Gasteiger partial charge in [0.2, 0.25) is 5.91 Å². The van der Waals surface area contributed by atoms with Crippen LogP contribution in [-0.4, -0.2) is 34.7 Å². The van der Waals surface area contributed by atoms with E-state index in [4.69, 9.17) is 10.8 Å². The monoisotopic (exact) mass is 322 g/mol. The van der Waals surface area contributed by atoms with Crippen molar-refractivity contribution in [1.82, 2.24) is 5.32 Å². The largest absolute Gasteiger partial charge is 0.481 e. The number of rotatable bonds is 6. The van der Waals surface area contributed by atoms with Crippen molar-refractivity contribution in [1.29, 1.82) is 0 Å². The van der Waals surface area contributed by atoms with Crippen LogP contribution in [0.25, 0.3) is 0 Å². The average molecular weight is 322 g/mol. The van der Waals surface area contributed by atoms with Gasteiger partial charge >= 0.3 is 5.97 Å². The predicted molar refractivity (Wildman–Crippen MR) is 82.6 cm³/mol. The Morgan fingerprint density at radius 3 is 2.64 bits per heavy atom. The number of primary amides is 1. The minimum atomic E-state index is -0.811. The third-order valence-corrected chi connectivity index (χ3v) is 4.71.